The lowest BCUT2D eigenvalue weighted by Gasteiger charge is -2.38. The van der Waals surface area contributed by atoms with Crippen LogP contribution in [0.5, 0.6) is 0 Å². The lowest BCUT2D eigenvalue weighted by atomic mass is 9.87. The van der Waals surface area contributed by atoms with E-state index < -0.39 is 20.4 Å². The molecule has 0 spiro atoms. The highest BCUT2D eigenvalue weighted by molar-refractivity contribution is 6.74. The Balaban J connectivity index is 2.09. The standard InChI is InChI=1S/C24H38O5Si/c1-11-15-13-23(5,6)20-19(15)17(14-26-24(7,8)28-20)16-12-18(25)27-21(16)29-30(9,10)22(2,3)4/h11-12,15,20-21H,1,13-14H2,2-10H3/t15-,20-,21?/m1/s1. The Labute approximate surface area is 182 Å². The second kappa shape index (κ2) is 7.43. The predicted molar refractivity (Wildman–Crippen MR) is 120 cm³/mol. The molecule has 2 heterocycles. The summed E-state index contributed by atoms with van der Waals surface area (Å²) in [6.45, 7) is 23.6. The van der Waals surface area contributed by atoms with Crippen molar-refractivity contribution in [2.75, 3.05) is 6.61 Å². The van der Waals surface area contributed by atoms with Gasteiger partial charge in [0.1, 0.15) is 0 Å². The first kappa shape index (κ1) is 23.5. The van der Waals surface area contributed by atoms with E-state index in [-0.39, 0.29) is 28.4 Å². The predicted octanol–water partition coefficient (Wildman–Crippen LogP) is 5.50. The molecule has 1 unspecified atom stereocenters. The number of fused-ring (bicyclic) bond motifs is 1. The molecule has 3 aliphatic rings. The van der Waals surface area contributed by atoms with Gasteiger partial charge in [-0.05, 0) is 55.0 Å². The van der Waals surface area contributed by atoms with E-state index in [9.17, 15) is 4.79 Å². The lowest BCUT2D eigenvalue weighted by molar-refractivity contribution is -0.233. The minimum atomic E-state index is -2.17. The van der Waals surface area contributed by atoms with Crippen molar-refractivity contribution in [1.29, 1.82) is 0 Å². The number of esters is 1. The molecule has 5 nitrogen and oxygen atoms in total. The van der Waals surface area contributed by atoms with Gasteiger partial charge >= 0.3 is 5.97 Å². The van der Waals surface area contributed by atoms with Gasteiger partial charge in [-0.25, -0.2) is 4.79 Å². The zero-order valence-electron chi connectivity index (χ0n) is 20.0. The van der Waals surface area contributed by atoms with Crippen molar-refractivity contribution in [3.05, 3.63) is 35.5 Å². The number of hydrogen-bond acceptors (Lipinski definition) is 5. The maximum absolute atomic E-state index is 12.3. The summed E-state index contributed by atoms with van der Waals surface area (Å²) < 4.78 is 24.8. The molecular weight excluding hydrogens is 396 g/mol. The summed E-state index contributed by atoms with van der Waals surface area (Å²) in [7, 11) is -2.17. The summed E-state index contributed by atoms with van der Waals surface area (Å²) in [5.41, 5.74) is 2.81. The number of carbonyl (C=O) groups is 1. The molecule has 30 heavy (non-hydrogen) atoms. The molecule has 0 aromatic rings. The number of cyclic esters (lactones) is 1. The third kappa shape index (κ3) is 4.24. The molecule has 0 N–H and O–H groups in total. The molecule has 0 amide bonds. The fourth-order valence-electron chi connectivity index (χ4n) is 4.27. The third-order valence-corrected chi connectivity index (χ3v) is 11.5. The molecule has 3 rings (SSSR count). The Bertz CT molecular complexity index is 797. The minimum absolute atomic E-state index is 0.00247. The van der Waals surface area contributed by atoms with E-state index in [4.69, 9.17) is 18.6 Å². The van der Waals surface area contributed by atoms with Crippen LogP contribution in [0.4, 0.5) is 0 Å². The summed E-state index contributed by atoms with van der Waals surface area (Å²) in [6, 6.07) is 0. The van der Waals surface area contributed by atoms with Gasteiger partial charge in [-0.15, -0.1) is 6.58 Å². The SMILES string of the molecule is C=C[C@@H]1CC(C)(C)[C@@H]2OC(C)(C)OCC(C3=CC(=O)OC3O[Si](C)(C)C(C)(C)C)=C12. The number of carbonyl (C=O) groups excluding carboxylic acids is 1. The molecular formula is C24H38O5Si. The van der Waals surface area contributed by atoms with Crippen molar-refractivity contribution in [2.45, 2.75) is 91.2 Å². The Morgan fingerprint density at radius 1 is 1.23 bits per heavy atom. The Morgan fingerprint density at radius 3 is 2.43 bits per heavy atom. The molecule has 1 fully saturated rings. The van der Waals surface area contributed by atoms with Crippen LogP contribution in [0.1, 0.15) is 54.9 Å². The summed E-state index contributed by atoms with van der Waals surface area (Å²) in [6.07, 6.45) is 3.66. The summed E-state index contributed by atoms with van der Waals surface area (Å²) in [4.78, 5) is 12.3. The summed E-state index contributed by atoms with van der Waals surface area (Å²) >= 11 is 0. The highest BCUT2D eigenvalue weighted by Crippen LogP contribution is 2.52. The van der Waals surface area contributed by atoms with Crippen LogP contribution in [-0.4, -0.2) is 39.1 Å². The molecule has 0 aromatic heterocycles. The van der Waals surface area contributed by atoms with E-state index in [0.29, 0.717) is 6.61 Å². The number of rotatable bonds is 4. The van der Waals surface area contributed by atoms with Crippen molar-refractivity contribution in [2.24, 2.45) is 11.3 Å². The maximum Gasteiger partial charge on any atom is 0.333 e. The molecule has 2 aliphatic heterocycles. The van der Waals surface area contributed by atoms with Crippen molar-refractivity contribution >= 4 is 14.3 Å². The normalized spacial score (nSPS) is 31.2. The Kier molecular flexibility index (Phi) is 5.81. The average molecular weight is 435 g/mol. The van der Waals surface area contributed by atoms with Crippen LogP contribution in [0.25, 0.3) is 0 Å². The second-order valence-electron chi connectivity index (χ2n) is 11.4. The van der Waals surface area contributed by atoms with Gasteiger partial charge < -0.3 is 18.6 Å². The van der Waals surface area contributed by atoms with Crippen molar-refractivity contribution < 1.29 is 23.4 Å². The molecule has 1 aliphatic carbocycles. The number of ether oxygens (including phenoxy) is 3. The molecule has 0 aromatic carbocycles. The molecule has 0 saturated heterocycles. The van der Waals surface area contributed by atoms with Crippen LogP contribution in [0.15, 0.2) is 35.5 Å². The molecule has 168 valence electrons. The summed E-state index contributed by atoms with van der Waals surface area (Å²) in [5, 5.41) is -0.00247. The van der Waals surface area contributed by atoms with Gasteiger partial charge in [-0.1, -0.05) is 40.7 Å². The molecule has 0 bridgehead atoms. The fourth-order valence-corrected chi connectivity index (χ4v) is 5.33. The van der Waals surface area contributed by atoms with E-state index in [1.807, 2.05) is 19.9 Å². The quantitative estimate of drug-likeness (QED) is 0.332. The summed E-state index contributed by atoms with van der Waals surface area (Å²) in [5.74, 6) is -0.942. The first-order chi connectivity index (χ1) is 13.6. The highest BCUT2D eigenvalue weighted by Gasteiger charge is 2.51. The minimum Gasteiger partial charge on any atom is -0.429 e. The topological polar surface area (TPSA) is 54.0 Å². The smallest absolute Gasteiger partial charge is 0.333 e. The van der Waals surface area contributed by atoms with Gasteiger partial charge in [0.05, 0.1) is 12.7 Å². The van der Waals surface area contributed by atoms with Crippen LogP contribution >= 0.6 is 0 Å². The zero-order chi connectivity index (χ0) is 22.7. The van der Waals surface area contributed by atoms with Crippen LogP contribution in [0, 0.1) is 11.3 Å². The van der Waals surface area contributed by atoms with Crippen LogP contribution in [-0.2, 0) is 23.4 Å². The third-order valence-electron chi connectivity index (χ3n) is 7.04. The number of hydrogen-bond donors (Lipinski definition) is 0. The highest BCUT2D eigenvalue weighted by atomic mass is 28.4. The Hall–Kier alpha value is -1.21. The van der Waals surface area contributed by atoms with Gasteiger partial charge in [-0.3, -0.25) is 0 Å². The van der Waals surface area contributed by atoms with E-state index in [1.54, 1.807) is 6.08 Å². The van der Waals surface area contributed by atoms with Crippen molar-refractivity contribution in [3.8, 4) is 0 Å². The van der Waals surface area contributed by atoms with Crippen LogP contribution in [0.3, 0.4) is 0 Å². The van der Waals surface area contributed by atoms with Gasteiger partial charge in [0.25, 0.3) is 0 Å². The molecule has 1 saturated carbocycles. The largest absolute Gasteiger partial charge is 0.429 e. The van der Waals surface area contributed by atoms with Gasteiger partial charge in [0.2, 0.25) is 6.29 Å². The Morgan fingerprint density at radius 2 is 1.87 bits per heavy atom. The molecule has 3 atom stereocenters. The van der Waals surface area contributed by atoms with Crippen molar-refractivity contribution in [3.63, 3.8) is 0 Å². The van der Waals surface area contributed by atoms with Gasteiger partial charge in [-0.2, -0.15) is 0 Å². The van der Waals surface area contributed by atoms with Crippen molar-refractivity contribution in [1.82, 2.24) is 0 Å². The lowest BCUT2D eigenvalue weighted by Crippen LogP contribution is -2.44. The number of allylic oxidation sites excluding steroid dienone is 1. The van der Waals surface area contributed by atoms with E-state index in [1.165, 1.54) is 0 Å². The first-order valence-corrected chi connectivity index (χ1v) is 13.8. The first-order valence-electron chi connectivity index (χ1n) is 10.9. The van der Waals surface area contributed by atoms with E-state index in [2.05, 4.69) is 54.3 Å². The second-order valence-corrected chi connectivity index (χ2v) is 16.2. The van der Waals surface area contributed by atoms with E-state index >= 15 is 0 Å². The van der Waals surface area contributed by atoms with Crippen LogP contribution < -0.4 is 0 Å². The zero-order valence-corrected chi connectivity index (χ0v) is 21.0. The maximum atomic E-state index is 12.3. The molecule has 0 radical (unpaired) electrons. The van der Waals surface area contributed by atoms with E-state index in [0.717, 1.165) is 23.1 Å². The molecule has 6 heteroatoms. The van der Waals surface area contributed by atoms with Gasteiger partial charge in [0, 0.05) is 17.6 Å². The van der Waals surface area contributed by atoms with Crippen LogP contribution in [0.2, 0.25) is 18.1 Å². The monoisotopic (exact) mass is 434 g/mol. The fraction of sp³-hybridized carbons (Fsp3) is 0.708. The average Bonchev–Trinajstić information content (AvgIpc) is 2.98. The van der Waals surface area contributed by atoms with Gasteiger partial charge in [0.15, 0.2) is 14.1 Å².